The van der Waals surface area contributed by atoms with Gasteiger partial charge in [-0.25, -0.2) is 0 Å². The molecule has 0 spiro atoms. The average Bonchev–Trinajstić information content (AvgIpc) is 2.73. The summed E-state index contributed by atoms with van der Waals surface area (Å²) in [5.74, 6) is -2.75. The van der Waals surface area contributed by atoms with Crippen molar-refractivity contribution in [1.29, 1.82) is 5.41 Å². The van der Waals surface area contributed by atoms with Crippen molar-refractivity contribution >= 4 is 23.5 Å². The first-order valence-electron chi connectivity index (χ1n) is 10.7. The fourth-order valence-corrected chi connectivity index (χ4v) is 3.23. The number of carbonyl (C=O) groups excluding carboxylic acids is 2. The van der Waals surface area contributed by atoms with Crippen LogP contribution in [0.25, 0.3) is 0 Å². The van der Waals surface area contributed by atoms with Crippen molar-refractivity contribution in [2.24, 2.45) is 29.0 Å². The van der Waals surface area contributed by atoms with E-state index >= 15 is 0 Å². The Balaban J connectivity index is 2.57. The van der Waals surface area contributed by atoms with Gasteiger partial charge < -0.3 is 38.3 Å². The Bertz CT molecular complexity index is 682. The second kappa shape index (κ2) is 15.2. The summed E-state index contributed by atoms with van der Waals surface area (Å²) >= 11 is 0. The molecule has 0 fully saturated rings. The van der Waals surface area contributed by atoms with Crippen LogP contribution in [0.15, 0.2) is 24.3 Å². The number of hydrogen-bond donors (Lipinski definition) is 8. The molecular formula is C21H37N7O3. The minimum atomic E-state index is -0.934. The third-order valence-electron chi connectivity index (χ3n) is 5.00. The molecule has 0 saturated carbocycles. The van der Waals surface area contributed by atoms with Crippen LogP contribution in [0.5, 0.6) is 0 Å². The van der Waals surface area contributed by atoms with Crippen molar-refractivity contribution in [1.82, 2.24) is 10.6 Å². The highest BCUT2D eigenvalue weighted by Gasteiger charge is 2.31. The van der Waals surface area contributed by atoms with Crippen molar-refractivity contribution in [2.45, 2.75) is 32.1 Å². The van der Waals surface area contributed by atoms with Gasteiger partial charge in [-0.3, -0.25) is 15.0 Å². The quantitative estimate of drug-likeness (QED) is 0.0971. The van der Waals surface area contributed by atoms with E-state index in [4.69, 9.17) is 22.6 Å². The lowest BCUT2D eigenvalue weighted by molar-refractivity contribution is -0.135. The van der Waals surface area contributed by atoms with E-state index in [9.17, 15) is 14.7 Å². The largest absolute Gasteiger partial charge is 0.396 e. The fraction of sp³-hybridized carbons (Fsp3) is 0.571. The van der Waals surface area contributed by atoms with E-state index < -0.39 is 24.3 Å². The number of aryl methyl sites for hydroxylation is 1. The highest BCUT2D eigenvalue weighted by atomic mass is 16.3. The van der Waals surface area contributed by atoms with E-state index in [1.807, 2.05) is 12.1 Å². The van der Waals surface area contributed by atoms with Crippen LogP contribution in [0.3, 0.4) is 0 Å². The number of unbranched alkanes of at least 4 members (excludes halogenated alkanes) is 1. The van der Waals surface area contributed by atoms with Crippen molar-refractivity contribution in [2.75, 3.05) is 38.1 Å². The van der Waals surface area contributed by atoms with Gasteiger partial charge in [0, 0.05) is 12.2 Å². The molecule has 0 aliphatic heterocycles. The molecule has 0 bridgehead atoms. The maximum absolute atomic E-state index is 12.7. The topological polar surface area (TPSA) is 192 Å². The monoisotopic (exact) mass is 435 g/mol. The number of carbonyl (C=O) groups is 2. The minimum absolute atomic E-state index is 0.150. The van der Waals surface area contributed by atoms with Gasteiger partial charge in [0.05, 0.1) is 18.4 Å². The highest BCUT2D eigenvalue weighted by molar-refractivity contribution is 5.89. The van der Waals surface area contributed by atoms with Gasteiger partial charge in [-0.05, 0) is 69.4 Å². The molecule has 0 heterocycles. The summed E-state index contributed by atoms with van der Waals surface area (Å²) in [6, 6.07) is 7.28. The number of hydrogen-bond acceptors (Lipinski definition) is 6. The van der Waals surface area contributed by atoms with Gasteiger partial charge in [0.15, 0.2) is 5.96 Å². The number of nitrogens with one attached hydrogen (secondary N) is 4. The van der Waals surface area contributed by atoms with Crippen molar-refractivity contribution in [3.63, 3.8) is 0 Å². The van der Waals surface area contributed by atoms with Crippen LogP contribution in [-0.4, -0.2) is 55.7 Å². The van der Waals surface area contributed by atoms with Crippen molar-refractivity contribution < 1.29 is 14.7 Å². The number of amides is 2. The summed E-state index contributed by atoms with van der Waals surface area (Å²) in [5.41, 5.74) is 17.8. The fourth-order valence-electron chi connectivity index (χ4n) is 3.23. The van der Waals surface area contributed by atoms with Gasteiger partial charge in [0.25, 0.3) is 0 Å². The third kappa shape index (κ3) is 10.8. The zero-order valence-corrected chi connectivity index (χ0v) is 18.0. The van der Waals surface area contributed by atoms with Crippen LogP contribution >= 0.6 is 0 Å². The molecule has 2 amide bonds. The van der Waals surface area contributed by atoms with E-state index in [0.717, 1.165) is 37.9 Å². The van der Waals surface area contributed by atoms with Crippen LogP contribution < -0.4 is 33.2 Å². The van der Waals surface area contributed by atoms with Crippen molar-refractivity contribution in [3.8, 4) is 0 Å². The predicted octanol–water partition coefficient (Wildman–Crippen LogP) is -0.531. The lowest BCUT2D eigenvalue weighted by Crippen LogP contribution is -2.42. The van der Waals surface area contributed by atoms with Crippen LogP contribution in [0.4, 0.5) is 5.69 Å². The second-order valence-electron chi connectivity index (χ2n) is 7.46. The predicted molar refractivity (Wildman–Crippen MR) is 122 cm³/mol. The van der Waals surface area contributed by atoms with Crippen LogP contribution in [-0.2, 0) is 16.0 Å². The molecular weight excluding hydrogens is 398 g/mol. The maximum Gasteiger partial charge on any atom is 0.224 e. The summed E-state index contributed by atoms with van der Waals surface area (Å²) in [6.07, 6.45) is 3.56. The first kappa shape index (κ1) is 26.3. The summed E-state index contributed by atoms with van der Waals surface area (Å²) in [5, 5.41) is 25.7. The molecule has 1 rings (SSSR count). The van der Waals surface area contributed by atoms with Gasteiger partial charge in [-0.1, -0.05) is 12.1 Å². The molecule has 0 radical (unpaired) electrons. The Morgan fingerprint density at radius 2 is 1.65 bits per heavy atom. The summed E-state index contributed by atoms with van der Waals surface area (Å²) in [6.45, 7) is 2.42. The number of benzene rings is 1. The Labute approximate surface area is 183 Å². The molecule has 174 valence electrons. The molecule has 0 aliphatic rings. The van der Waals surface area contributed by atoms with Crippen LogP contribution in [0, 0.1) is 17.2 Å². The van der Waals surface area contributed by atoms with Crippen LogP contribution in [0.1, 0.15) is 31.2 Å². The molecule has 0 aliphatic carbocycles. The SMILES string of the molecule is N=C(N)Nc1ccc(CCC(C(=O)NCCCCNCCCN)[C@@H](CO)C(N)=O)cc1. The Kier molecular flexibility index (Phi) is 12.9. The third-order valence-corrected chi connectivity index (χ3v) is 5.00. The van der Waals surface area contributed by atoms with E-state index in [2.05, 4.69) is 16.0 Å². The second-order valence-corrected chi connectivity index (χ2v) is 7.46. The molecule has 2 atom stereocenters. The van der Waals surface area contributed by atoms with Crippen LogP contribution in [0.2, 0.25) is 0 Å². The number of primary amides is 1. The first-order valence-corrected chi connectivity index (χ1v) is 10.7. The number of aliphatic hydroxyl groups is 1. The number of aliphatic hydroxyl groups excluding tert-OH is 1. The number of anilines is 1. The Hall–Kier alpha value is -2.69. The summed E-state index contributed by atoms with van der Waals surface area (Å²) in [7, 11) is 0. The molecule has 31 heavy (non-hydrogen) atoms. The molecule has 1 unspecified atom stereocenters. The smallest absolute Gasteiger partial charge is 0.224 e. The molecule has 10 heteroatoms. The van der Waals surface area contributed by atoms with Gasteiger partial charge in [0.2, 0.25) is 11.8 Å². The summed E-state index contributed by atoms with van der Waals surface area (Å²) < 4.78 is 0. The number of guanidine groups is 1. The number of nitrogens with two attached hydrogens (primary N) is 3. The van der Waals surface area contributed by atoms with Gasteiger partial charge >= 0.3 is 0 Å². The molecule has 11 N–H and O–H groups in total. The highest BCUT2D eigenvalue weighted by Crippen LogP contribution is 2.20. The zero-order valence-electron chi connectivity index (χ0n) is 18.0. The average molecular weight is 436 g/mol. The Morgan fingerprint density at radius 1 is 1.00 bits per heavy atom. The van der Waals surface area contributed by atoms with Crippen molar-refractivity contribution in [3.05, 3.63) is 29.8 Å². The molecule has 1 aromatic rings. The summed E-state index contributed by atoms with van der Waals surface area (Å²) in [4.78, 5) is 24.5. The van der Waals surface area contributed by atoms with E-state index in [1.54, 1.807) is 12.1 Å². The van der Waals surface area contributed by atoms with Gasteiger partial charge in [-0.15, -0.1) is 0 Å². The van der Waals surface area contributed by atoms with E-state index in [0.29, 0.717) is 31.6 Å². The Morgan fingerprint density at radius 3 is 2.23 bits per heavy atom. The van der Waals surface area contributed by atoms with Gasteiger partial charge in [-0.2, -0.15) is 0 Å². The van der Waals surface area contributed by atoms with Gasteiger partial charge in [0.1, 0.15) is 0 Å². The standard InChI is InChI=1S/C21H37N7O3/c22-10-3-12-26-11-1-2-13-27-20(31)17(18(14-29)19(23)30)9-6-15-4-7-16(8-5-15)28-21(24)25/h4-5,7-8,17-18,26,29H,1-3,6,9-14,22H2,(H2,23,30)(H,27,31)(H4,24,25,28)/t17?,18-/m1/s1. The van der Waals surface area contributed by atoms with E-state index in [1.165, 1.54) is 0 Å². The molecule has 10 nitrogen and oxygen atoms in total. The first-order chi connectivity index (χ1) is 14.9. The lowest BCUT2D eigenvalue weighted by Gasteiger charge is -2.22. The molecule has 0 aromatic heterocycles. The lowest BCUT2D eigenvalue weighted by atomic mass is 9.86. The molecule has 1 aromatic carbocycles. The minimum Gasteiger partial charge on any atom is -0.396 e. The van der Waals surface area contributed by atoms with E-state index in [-0.39, 0.29) is 11.9 Å². The number of rotatable bonds is 16. The zero-order chi connectivity index (χ0) is 23.1. The molecule has 0 saturated heterocycles. The normalized spacial score (nSPS) is 12.7. The maximum atomic E-state index is 12.7.